The number of para-hydroxylation sites is 1. The van der Waals surface area contributed by atoms with Gasteiger partial charge in [0.1, 0.15) is 5.82 Å². The molecule has 2 unspecified atom stereocenters. The zero-order chi connectivity index (χ0) is 13.0. The van der Waals surface area contributed by atoms with Gasteiger partial charge < -0.3 is 5.32 Å². The summed E-state index contributed by atoms with van der Waals surface area (Å²) in [5.74, 6) is -0.302. The molecule has 0 spiro atoms. The molecule has 1 aromatic rings. The molecule has 1 saturated carbocycles. The van der Waals surface area contributed by atoms with Gasteiger partial charge in [-0.25, -0.2) is 4.39 Å². The summed E-state index contributed by atoms with van der Waals surface area (Å²) < 4.78 is 14.5. The Kier molecular flexibility index (Phi) is 4.60. The maximum atomic E-state index is 13.8. The Bertz CT molecular complexity index is 435. The minimum atomic E-state index is -0.273. The summed E-state index contributed by atoms with van der Waals surface area (Å²) in [6.07, 6.45) is 5.19. The fraction of sp³-hybridized carbons (Fsp3) is 0.500. The van der Waals surface area contributed by atoms with Crippen molar-refractivity contribution in [1.82, 2.24) is 0 Å². The molecule has 2 rings (SSSR count). The second kappa shape index (κ2) is 6.19. The van der Waals surface area contributed by atoms with E-state index >= 15 is 0 Å². The molecule has 2 atom stereocenters. The molecule has 1 aromatic carbocycles. The van der Waals surface area contributed by atoms with Crippen LogP contribution in [0, 0.1) is 23.1 Å². The van der Waals surface area contributed by atoms with Gasteiger partial charge in [-0.3, -0.25) is 0 Å². The van der Waals surface area contributed by atoms with Crippen LogP contribution in [-0.4, -0.2) is 6.04 Å². The van der Waals surface area contributed by atoms with E-state index in [0.717, 1.165) is 32.1 Å². The maximum Gasteiger partial charge on any atom is 0.147 e. The first-order valence-electron chi connectivity index (χ1n) is 6.32. The Morgan fingerprint density at radius 3 is 2.78 bits per heavy atom. The molecule has 0 radical (unpaired) electrons. The molecule has 1 aliphatic rings. The molecule has 0 aliphatic heterocycles. The highest BCUT2D eigenvalue weighted by Gasteiger charge is 2.24. The smallest absolute Gasteiger partial charge is 0.147 e. The minimum absolute atomic E-state index is 0.0287. The topological polar surface area (TPSA) is 35.8 Å². The van der Waals surface area contributed by atoms with Crippen molar-refractivity contribution in [3.05, 3.63) is 28.5 Å². The van der Waals surface area contributed by atoms with Crippen LogP contribution >= 0.6 is 15.9 Å². The summed E-state index contributed by atoms with van der Waals surface area (Å²) in [6, 6.07) is 7.31. The van der Waals surface area contributed by atoms with Gasteiger partial charge in [-0.2, -0.15) is 5.26 Å². The number of nitrogens with one attached hydrogen (secondary N) is 1. The quantitative estimate of drug-likeness (QED) is 0.818. The molecule has 1 fully saturated rings. The highest BCUT2D eigenvalue weighted by Crippen LogP contribution is 2.30. The number of anilines is 1. The third-order valence-corrected chi connectivity index (χ3v) is 4.14. The molecular weight excluding hydrogens is 295 g/mol. The number of hydrogen-bond donors (Lipinski definition) is 1. The lowest BCUT2D eigenvalue weighted by atomic mass is 9.96. The van der Waals surface area contributed by atoms with Crippen LogP contribution in [0.5, 0.6) is 0 Å². The summed E-state index contributed by atoms with van der Waals surface area (Å²) in [7, 11) is 0. The average molecular weight is 311 g/mol. The van der Waals surface area contributed by atoms with Crippen molar-refractivity contribution in [1.29, 1.82) is 5.26 Å². The van der Waals surface area contributed by atoms with E-state index in [-0.39, 0.29) is 17.8 Å². The molecule has 0 saturated heterocycles. The van der Waals surface area contributed by atoms with Crippen LogP contribution in [0.25, 0.3) is 0 Å². The van der Waals surface area contributed by atoms with Crippen LogP contribution in [0.15, 0.2) is 22.7 Å². The monoisotopic (exact) mass is 310 g/mol. The van der Waals surface area contributed by atoms with Gasteiger partial charge in [0.05, 0.1) is 17.7 Å². The number of rotatable bonds is 2. The molecule has 0 heterocycles. The largest absolute Gasteiger partial charge is 0.378 e. The Morgan fingerprint density at radius 2 is 2.06 bits per heavy atom. The summed E-state index contributed by atoms with van der Waals surface area (Å²) in [5, 5.41) is 12.4. The van der Waals surface area contributed by atoms with Gasteiger partial charge in [-0.1, -0.05) is 25.3 Å². The number of halogens is 2. The molecule has 18 heavy (non-hydrogen) atoms. The SMILES string of the molecule is N#CC1CCCCCC1Nc1c(F)cccc1Br. The highest BCUT2D eigenvalue weighted by atomic mass is 79.9. The van der Waals surface area contributed by atoms with E-state index in [1.54, 1.807) is 6.07 Å². The maximum absolute atomic E-state index is 13.8. The Hall–Kier alpha value is -1.08. The number of nitriles is 1. The van der Waals surface area contributed by atoms with E-state index in [2.05, 4.69) is 27.3 Å². The van der Waals surface area contributed by atoms with Crippen LogP contribution in [0.4, 0.5) is 10.1 Å². The van der Waals surface area contributed by atoms with Gasteiger partial charge in [0.2, 0.25) is 0 Å². The van der Waals surface area contributed by atoms with Crippen LogP contribution in [0.2, 0.25) is 0 Å². The first kappa shape index (κ1) is 13.4. The zero-order valence-electron chi connectivity index (χ0n) is 10.1. The highest BCUT2D eigenvalue weighted by molar-refractivity contribution is 9.10. The van der Waals surface area contributed by atoms with Crippen molar-refractivity contribution in [3.8, 4) is 6.07 Å². The first-order chi connectivity index (χ1) is 8.72. The standard InChI is InChI=1S/C14H16BrFN2/c15-11-6-4-7-12(16)14(11)18-13-8-3-1-2-5-10(13)9-17/h4,6-7,10,13,18H,1-3,5,8H2. The third-order valence-electron chi connectivity index (χ3n) is 3.47. The third kappa shape index (κ3) is 3.02. The van der Waals surface area contributed by atoms with E-state index in [1.807, 2.05) is 6.07 Å². The molecule has 0 aromatic heterocycles. The summed E-state index contributed by atoms with van der Waals surface area (Å²) in [5.41, 5.74) is 0.477. The lowest BCUT2D eigenvalue weighted by Crippen LogP contribution is -2.27. The predicted molar refractivity (Wildman–Crippen MR) is 73.7 cm³/mol. The van der Waals surface area contributed by atoms with Crippen molar-refractivity contribution >= 4 is 21.6 Å². The lowest BCUT2D eigenvalue weighted by Gasteiger charge is -2.23. The normalized spacial score (nSPS) is 24.1. The fourth-order valence-corrected chi connectivity index (χ4v) is 2.91. The summed E-state index contributed by atoms with van der Waals surface area (Å²) >= 11 is 3.35. The summed E-state index contributed by atoms with van der Waals surface area (Å²) in [6.45, 7) is 0. The molecule has 1 aliphatic carbocycles. The van der Waals surface area contributed by atoms with Gasteiger partial charge in [0.25, 0.3) is 0 Å². The Balaban J connectivity index is 2.18. The van der Waals surface area contributed by atoms with Crippen LogP contribution in [0.1, 0.15) is 32.1 Å². The second-order valence-corrected chi connectivity index (χ2v) is 5.58. The molecule has 0 bridgehead atoms. The fourth-order valence-electron chi connectivity index (χ4n) is 2.46. The molecule has 2 nitrogen and oxygen atoms in total. The Labute approximate surface area is 115 Å². The number of benzene rings is 1. The van der Waals surface area contributed by atoms with Crippen molar-refractivity contribution in [2.24, 2.45) is 5.92 Å². The van der Waals surface area contributed by atoms with Gasteiger partial charge in [-0.15, -0.1) is 0 Å². The van der Waals surface area contributed by atoms with Gasteiger partial charge in [0.15, 0.2) is 0 Å². The van der Waals surface area contributed by atoms with Crippen molar-refractivity contribution in [2.75, 3.05) is 5.32 Å². The molecule has 1 N–H and O–H groups in total. The van der Waals surface area contributed by atoms with Gasteiger partial charge >= 0.3 is 0 Å². The van der Waals surface area contributed by atoms with Gasteiger partial charge in [0, 0.05) is 10.5 Å². The van der Waals surface area contributed by atoms with E-state index in [4.69, 9.17) is 0 Å². The number of nitrogens with zero attached hydrogens (tertiary/aromatic N) is 1. The van der Waals surface area contributed by atoms with E-state index in [1.165, 1.54) is 6.07 Å². The Morgan fingerprint density at radius 1 is 1.28 bits per heavy atom. The molecule has 96 valence electrons. The zero-order valence-corrected chi connectivity index (χ0v) is 11.7. The van der Waals surface area contributed by atoms with E-state index in [9.17, 15) is 9.65 Å². The average Bonchev–Trinajstić information content (AvgIpc) is 2.59. The van der Waals surface area contributed by atoms with Crippen LogP contribution in [-0.2, 0) is 0 Å². The summed E-state index contributed by atoms with van der Waals surface area (Å²) in [4.78, 5) is 0. The predicted octanol–water partition coefficient (Wildman–Crippen LogP) is 4.47. The molecule has 4 heteroatoms. The van der Waals surface area contributed by atoms with E-state index < -0.39 is 0 Å². The van der Waals surface area contributed by atoms with Gasteiger partial charge in [-0.05, 0) is 40.9 Å². The van der Waals surface area contributed by atoms with Crippen molar-refractivity contribution in [2.45, 2.75) is 38.1 Å². The molecular formula is C14H16BrFN2. The van der Waals surface area contributed by atoms with E-state index in [0.29, 0.717) is 10.2 Å². The second-order valence-electron chi connectivity index (χ2n) is 4.72. The number of hydrogen-bond acceptors (Lipinski definition) is 2. The van der Waals surface area contributed by atoms with Crippen LogP contribution in [0.3, 0.4) is 0 Å². The van der Waals surface area contributed by atoms with Crippen molar-refractivity contribution in [3.63, 3.8) is 0 Å². The first-order valence-corrected chi connectivity index (χ1v) is 7.12. The molecule has 0 amide bonds. The lowest BCUT2D eigenvalue weighted by molar-refractivity contribution is 0.509. The van der Waals surface area contributed by atoms with Crippen molar-refractivity contribution < 1.29 is 4.39 Å². The van der Waals surface area contributed by atoms with Crippen LogP contribution < -0.4 is 5.32 Å². The minimum Gasteiger partial charge on any atom is -0.378 e.